The average Bonchev–Trinajstić information content (AvgIpc) is 2.66. The third-order valence-corrected chi connectivity index (χ3v) is 2.73. The summed E-state index contributed by atoms with van der Waals surface area (Å²) in [5, 5.41) is 0. The molecule has 1 fully saturated rings. The van der Waals surface area contributed by atoms with Crippen molar-refractivity contribution < 1.29 is 0 Å². The number of allylic oxidation sites excluding steroid dienone is 3. The smallest absolute Gasteiger partial charge is 0.141 e. The van der Waals surface area contributed by atoms with Gasteiger partial charge in [-0.1, -0.05) is 19.3 Å². The van der Waals surface area contributed by atoms with Crippen LogP contribution in [0.2, 0.25) is 0 Å². The van der Waals surface area contributed by atoms with Crippen LogP contribution in [0.1, 0.15) is 26.7 Å². The molecule has 1 aliphatic heterocycles. The highest BCUT2D eigenvalue weighted by atomic mass is 15.2. The van der Waals surface area contributed by atoms with Crippen LogP contribution in [0.25, 0.3) is 0 Å². The van der Waals surface area contributed by atoms with Crippen LogP contribution in [-0.2, 0) is 0 Å². The monoisotopic (exact) mass is 204 g/mol. The fraction of sp³-hybridized carbons (Fsp3) is 0.583. The highest BCUT2D eigenvalue weighted by Crippen LogP contribution is 2.21. The molecule has 0 N–H and O–H groups in total. The van der Waals surface area contributed by atoms with Crippen molar-refractivity contribution in [2.75, 3.05) is 13.1 Å². The maximum atomic E-state index is 3.80. The highest BCUT2D eigenvalue weighted by Gasteiger charge is 2.16. The van der Waals surface area contributed by atoms with Crippen LogP contribution < -0.4 is 0 Å². The predicted octanol–water partition coefficient (Wildman–Crippen LogP) is 1.80. The Morgan fingerprint density at radius 1 is 1.40 bits per heavy atom. The molecule has 1 saturated heterocycles. The van der Waals surface area contributed by atoms with E-state index >= 15 is 0 Å². The van der Waals surface area contributed by atoms with E-state index in [0.717, 1.165) is 0 Å². The van der Waals surface area contributed by atoms with Gasteiger partial charge < -0.3 is 4.90 Å². The van der Waals surface area contributed by atoms with Crippen molar-refractivity contribution >= 4 is 14.6 Å². The van der Waals surface area contributed by atoms with Crippen molar-refractivity contribution in [1.82, 2.24) is 4.90 Å². The largest absolute Gasteiger partial charge is 0.375 e. The van der Waals surface area contributed by atoms with Gasteiger partial charge in [-0.05, 0) is 31.6 Å². The van der Waals surface area contributed by atoms with E-state index in [1.165, 1.54) is 37.1 Å². The van der Waals surface area contributed by atoms with Crippen molar-refractivity contribution in [3.8, 4) is 0 Å². The maximum absolute atomic E-state index is 3.80. The molecule has 0 aromatic heterocycles. The van der Waals surface area contributed by atoms with Gasteiger partial charge in [0, 0.05) is 25.0 Å². The zero-order chi connectivity index (χ0) is 11.3. The Morgan fingerprint density at radius 3 is 2.47 bits per heavy atom. The molecule has 0 radical (unpaired) electrons. The molecule has 0 aromatic carbocycles. The average molecular weight is 204 g/mol. The summed E-state index contributed by atoms with van der Waals surface area (Å²) in [5.41, 5.74) is 2.62. The van der Waals surface area contributed by atoms with Gasteiger partial charge in [-0.25, -0.2) is 0 Å². The Bertz CT molecular complexity index is 273. The van der Waals surface area contributed by atoms with Gasteiger partial charge in [0.15, 0.2) is 0 Å². The molecule has 15 heavy (non-hydrogen) atoms. The van der Waals surface area contributed by atoms with Gasteiger partial charge in [0.2, 0.25) is 0 Å². The predicted molar refractivity (Wildman–Crippen MR) is 69.9 cm³/mol. The van der Waals surface area contributed by atoms with Gasteiger partial charge in [0.25, 0.3) is 0 Å². The number of likely N-dealkylation sites (tertiary alicyclic amines) is 1. The Balaban J connectivity index is 2.80. The first-order valence-electron chi connectivity index (χ1n) is 5.74. The van der Waals surface area contributed by atoms with Gasteiger partial charge in [0.1, 0.15) is 7.85 Å². The van der Waals surface area contributed by atoms with E-state index in [1.807, 2.05) is 6.20 Å². The molecule has 0 unspecified atom stereocenters. The Kier molecular flexibility index (Phi) is 4.66. The third kappa shape index (κ3) is 3.58. The molecule has 0 amide bonds. The molecule has 1 aliphatic rings. The first kappa shape index (κ1) is 12.1. The molecule has 3 heteroatoms. The summed E-state index contributed by atoms with van der Waals surface area (Å²) in [7, 11) is 2.08. The Morgan fingerprint density at radius 2 is 2.00 bits per heavy atom. The quantitative estimate of drug-likeness (QED) is 0.387. The lowest BCUT2D eigenvalue weighted by Crippen LogP contribution is -2.22. The Hall–Kier alpha value is -0.985. The fourth-order valence-electron chi connectivity index (χ4n) is 2.01. The highest BCUT2D eigenvalue weighted by molar-refractivity contribution is 6.23. The molecule has 2 nitrogen and oxygen atoms in total. The maximum Gasteiger partial charge on any atom is 0.141 e. The second-order valence-electron chi connectivity index (χ2n) is 4.47. The molecule has 1 rings (SSSR count). The summed E-state index contributed by atoms with van der Waals surface area (Å²) in [4.78, 5) is 6.29. The van der Waals surface area contributed by atoms with Crippen LogP contribution in [0.4, 0.5) is 0 Å². The van der Waals surface area contributed by atoms with Crippen molar-refractivity contribution in [3.05, 3.63) is 23.4 Å². The van der Waals surface area contributed by atoms with E-state index < -0.39 is 0 Å². The van der Waals surface area contributed by atoms with E-state index in [9.17, 15) is 0 Å². The van der Waals surface area contributed by atoms with E-state index in [-0.39, 0.29) is 0 Å². The zero-order valence-corrected chi connectivity index (χ0v) is 10.2. The lowest BCUT2D eigenvalue weighted by atomic mass is 9.93. The summed E-state index contributed by atoms with van der Waals surface area (Å²) >= 11 is 0. The van der Waals surface area contributed by atoms with E-state index in [1.54, 1.807) is 0 Å². The van der Waals surface area contributed by atoms with Crippen molar-refractivity contribution in [2.45, 2.75) is 26.7 Å². The van der Waals surface area contributed by atoms with Gasteiger partial charge >= 0.3 is 0 Å². The number of rotatable bonds is 4. The second-order valence-corrected chi connectivity index (χ2v) is 4.47. The van der Waals surface area contributed by atoms with Gasteiger partial charge in [0.05, 0.1) is 0 Å². The molecule has 0 atom stereocenters. The summed E-state index contributed by atoms with van der Waals surface area (Å²) in [6, 6.07) is 0. The lowest BCUT2D eigenvalue weighted by molar-refractivity contribution is 0.380. The molecule has 82 valence electrons. The van der Waals surface area contributed by atoms with Crippen molar-refractivity contribution in [3.63, 3.8) is 0 Å². The number of nitrogens with zero attached hydrogens (tertiary/aromatic N) is 2. The topological polar surface area (TPSA) is 15.6 Å². The first-order chi connectivity index (χ1) is 7.15. The van der Waals surface area contributed by atoms with Gasteiger partial charge in [-0.3, -0.25) is 4.99 Å². The molecule has 0 aromatic rings. The molecular formula is C12H21BN2. The van der Waals surface area contributed by atoms with Crippen LogP contribution >= 0.6 is 0 Å². The van der Waals surface area contributed by atoms with E-state index in [4.69, 9.17) is 0 Å². The first-order valence-corrected chi connectivity index (χ1v) is 5.74. The van der Waals surface area contributed by atoms with Gasteiger partial charge in [-0.15, -0.1) is 0 Å². The SMILES string of the molecule is BC(=C/N=C)/C=C(\C(C)C)N1CCCC1. The van der Waals surface area contributed by atoms with Crippen LogP contribution in [0, 0.1) is 5.92 Å². The van der Waals surface area contributed by atoms with E-state index in [0.29, 0.717) is 5.92 Å². The summed E-state index contributed by atoms with van der Waals surface area (Å²) in [6.45, 7) is 10.4. The van der Waals surface area contributed by atoms with Crippen LogP contribution in [-0.4, -0.2) is 32.6 Å². The summed E-state index contributed by atoms with van der Waals surface area (Å²) < 4.78 is 0. The normalized spacial score (nSPS) is 18.7. The van der Waals surface area contributed by atoms with Crippen LogP contribution in [0.3, 0.4) is 0 Å². The molecular weight excluding hydrogens is 183 g/mol. The molecule has 0 spiro atoms. The minimum Gasteiger partial charge on any atom is -0.375 e. The van der Waals surface area contributed by atoms with E-state index in [2.05, 4.69) is 44.4 Å². The standard InChI is InChI=1S/C12H21BN2/c1-10(2)12(8-11(13)9-14-3)15-6-4-5-7-15/h8-10H,3-7,13H2,1-2H3/b11-9+,12-8+. The number of hydrogen-bond acceptors (Lipinski definition) is 2. The Labute approximate surface area is 94.2 Å². The zero-order valence-electron chi connectivity index (χ0n) is 10.2. The lowest BCUT2D eigenvalue weighted by Gasteiger charge is -2.25. The summed E-state index contributed by atoms with van der Waals surface area (Å²) in [5.74, 6) is 0.580. The fourth-order valence-corrected chi connectivity index (χ4v) is 2.01. The molecule has 0 bridgehead atoms. The van der Waals surface area contributed by atoms with Crippen molar-refractivity contribution in [2.24, 2.45) is 10.9 Å². The minimum atomic E-state index is 0.580. The molecule has 0 aliphatic carbocycles. The number of aliphatic imine (C=N–C) groups is 1. The second kappa shape index (κ2) is 5.79. The third-order valence-electron chi connectivity index (χ3n) is 2.73. The van der Waals surface area contributed by atoms with Crippen LogP contribution in [0.5, 0.6) is 0 Å². The van der Waals surface area contributed by atoms with Gasteiger partial charge in [-0.2, -0.15) is 0 Å². The molecule has 1 heterocycles. The summed E-state index contributed by atoms with van der Waals surface area (Å²) in [6.07, 6.45) is 6.71. The van der Waals surface area contributed by atoms with Crippen LogP contribution in [0.15, 0.2) is 28.4 Å². The number of hydrogen-bond donors (Lipinski definition) is 0. The minimum absolute atomic E-state index is 0.580. The molecule has 0 saturated carbocycles. The van der Waals surface area contributed by atoms with Crippen molar-refractivity contribution in [1.29, 1.82) is 0 Å².